The lowest BCUT2D eigenvalue weighted by molar-refractivity contribution is -0.159. The van der Waals surface area contributed by atoms with Gasteiger partial charge in [-0.25, -0.2) is 4.79 Å². The first-order valence-electron chi connectivity index (χ1n) is 5.98. The van der Waals surface area contributed by atoms with Crippen molar-refractivity contribution in [2.75, 3.05) is 6.61 Å². The van der Waals surface area contributed by atoms with E-state index in [1.165, 1.54) is 6.92 Å². The van der Waals surface area contributed by atoms with Crippen LogP contribution < -0.4 is 5.32 Å². The van der Waals surface area contributed by atoms with Crippen LogP contribution in [-0.4, -0.2) is 55.6 Å². The van der Waals surface area contributed by atoms with Gasteiger partial charge in [0, 0.05) is 0 Å². The molecule has 4 unspecified atom stereocenters. The number of nitrogens with one attached hydrogen (secondary N) is 1. The lowest BCUT2D eigenvalue weighted by atomic mass is 9.96. The van der Waals surface area contributed by atoms with Crippen LogP contribution in [0.2, 0.25) is 0 Å². The molecular formula is C11H16BNO6. The SMILES string of the molecule is [B]C(=O)NC1COC(=O)C(CC)C(O)C(C)OC1=O. The van der Waals surface area contributed by atoms with E-state index in [0.717, 1.165) is 0 Å². The van der Waals surface area contributed by atoms with Crippen molar-refractivity contribution in [3.63, 3.8) is 0 Å². The van der Waals surface area contributed by atoms with Gasteiger partial charge in [0.1, 0.15) is 18.8 Å². The third kappa shape index (κ3) is 3.95. The van der Waals surface area contributed by atoms with E-state index in [-0.39, 0.29) is 6.61 Å². The Morgan fingerprint density at radius 2 is 2.11 bits per heavy atom. The fourth-order valence-electron chi connectivity index (χ4n) is 1.82. The normalized spacial score (nSPS) is 32.4. The minimum atomic E-state index is -1.17. The number of carbonyl (C=O) groups is 3. The second-order valence-electron chi connectivity index (χ2n) is 4.34. The third-order valence-corrected chi connectivity index (χ3v) is 2.93. The van der Waals surface area contributed by atoms with Gasteiger partial charge < -0.3 is 19.9 Å². The van der Waals surface area contributed by atoms with Crippen LogP contribution in [0.5, 0.6) is 0 Å². The van der Waals surface area contributed by atoms with E-state index in [2.05, 4.69) is 5.32 Å². The topological polar surface area (TPSA) is 102 Å². The number of rotatable bonds is 2. The number of hydrogen-bond acceptors (Lipinski definition) is 6. The van der Waals surface area contributed by atoms with Crippen LogP contribution in [0.15, 0.2) is 0 Å². The first kappa shape index (κ1) is 15.5. The Kier molecular flexibility index (Phi) is 5.35. The number of hydrogen-bond donors (Lipinski definition) is 2. The van der Waals surface area contributed by atoms with Crippen LogP contribution in [0.3, 0.4) is 0 Å². The summed E-state index contributed by atoms with van der Waals surface area (Å²) < 4.78 is 9.88. The Labute approximate surface area is 112 Å². The van der Waals surface area contributed by atoms with Gasteiger partial charge in [0.05, 0.1) is 5.92 Å². The maximum Gasteiger partial charge on any atom is 0.332 e. The zero-order valence-corrected chi connectivity index (χ0v) is 10.8. The molecule has 0 aromatic heterocycles. The number of aliphatic hydroxyl groups excluding tert-OH is 1. The number of amides is 1. The van der Waals surface area contributed by atoms with Gasteiger partial charge in [-0.15, -0.1) is 0 Å². The van der Waals surface area contributed by atoms with E-state index in [1.807, 2.05) is 0 Å². The summed E-state index contributed by atoms with van der Waals surface area (Å²) in [5.41, 5.74) is 0. The average molecular weight is 269 g/mol. The van der Waals surface area contributed by atoms with Crippen LogP contribution >= 0.6 is 0 Å². The molecule has 7 nitrogen and oxygen atoms in total. The van der Waals surface area contributed by atoms with Crippen molar-refractivity contribution in [3.8, 4) is 0 Å². The van der Waals surface area contributed by atoms with Gasteiger partial charge in [-0.05, 0) is 13.3 Å². The molecule has 19 heavy (non-hydrogen) atoms. The molecule has 1 aliphatic rings. The summed E-state index contributed by atoms with van der Waals surface area (Å²) in [6.07, 6.45) is -1.70. The standard InChI is InChI=1S/C11H16BNO6/c1-3-6-8(14)5(2)19-10(16)7(13-11(12)17)4-18-9(6)15/h5-8,14H,3-4H2,1-2H3,(H,13,17). The zero-order chi connectivity index (χ0) is 14.6. The van der Waals surface area contributed by atoms with Crippen LogP contribution in [0, 0.1) is 5.92 Å². The molecular weight excluding hydrogens is 253 g/mol. The highest BCUT2D eigenvalue weighted by molar-refractivity contribution is 6.57. The summed E-state index contributed by atoms with van der Waals surface area (Å²) in [5, 5.41) is 12.1. The largest absolute Gasteiger partial charge is 0.463 e. The Morgan fingerprint density at radius 3 is 2.63 bits per heavy atom. The third-order valence-electron chi connectivity index (χ3n) is 2.93. The van der Waals surface area contributed by atoms with Crippen molar-refractivity contribution in [3.05, 3.63) is 0 Å². The Bertz CT molecular complexity index is 374. The molecule has 1 rings (SSSR count). The molecule has 1 fully saturated rings. The van der Waals surface area contributed by atoms with Gasteiger partial charge >= 0.3 is 11.9 Å². The van der Waals surface area contributed by atoms with Crippen molar-refractivity contribution in [2.45, 2.75) is 38.5 Å². The van der Waals surface area contributed by atoms with Gasteiger partial charge in [0.15, 0.2) is 11.8 Å². The molecule has 4 atom stereocenters. The number of carbonyl (C=O) groups excluding carboxylic acids is 3. The predicted octanol–water partition coefficient (Wildman–Crippen LogP) is -0.891. The molecule has 2 N–H and O–H groups in total. The maximum atomic E-state index is 11.8. The van der Waals surface area contributed by atoms with E-state index < -0.39 is 41.9 Å². The molecule has 8 heteroatoms. The molecule has 104 valence electrons. The quantitative estimate of drug-likeness (QED) is 0.498. The molecule has 0 aliphatic carbocycles. The van der Waals surface area contributed by atoms with E-state index in [1.54, 1.807) is 6.92 Å². The molecule has 0 aromatic rings. The molecule has 2 radical (unpaired) electrons. The van der Waals surface area contributed by atoms with Crippen LogP contribution in [0.1, 0.15) is 20.3 Å². The van der Waals surface area contributed by atoms with Gasteiger partial charge in [0.2, 0.25) is 7.85 Å². The molecule has 1 heterocycles. The van der Waals surface area contributed by atoms with Gasteiger partial charge in [-0.2, -0.15) is 0 Å². The van der Waals surface area contributed by atoms with Gasteiger partial charge in [0.25, 0.3) is 0 Å². The first-order valence-corrected chi connectivity index (χ1v) is 5.98. The molecule has 0 bridgehead atoms. The zero-order valence-electron chi connectivity index (χ0n) is 10.8. The highest BCUT2D eigenvalue weighted by Gasteiger charge is 2.37. The van der Waals surface area contributed by atoms with Gasteiger partial charge in [-0.3, -0.25) is 9.59 Å². The van der Waals surface area contributed by atoms with Crippen molar-refractivity contribution < 1.29 is 29.0 Å². The highest BCUT2D eigenvalue weighted by Crippen LogP contribution is 2.18. The summed E-state index contributed by atoms with van der Waals surface area (Å²) in [6.45, 7) is 2.79. The Hall–Kier alpha value is -1.57. The fraction of sp³-hybridized carbons (Fsp3) is 0.727. The van der Waals surface area contributed by atoms with E-state index in [4.69, 9.17) is 17.3 Å². The predicted molar refractivity (Wildman–Crippen MR) is 64.4 cm³/mol. The van der Waals surface area contributed by atoms with Crippen molar-refractivity contribution >= 4 is 25.6 Å². The summed E-state index contributed by atoms with van der Waals surface area (Å²) in [5.74, 6) is -3.17. The lowest BCUT2D eigenvalue weighted by Crippen LogP contribution is -2.45. The molecule has 0 saturated carbocycles. The fourth-order valence-corrected chi connectivity index (χ4v) is 1.82. The number of cyclic esters (lactones) is 2. The number of aliphatic hydroxyl groups is 1. The number of ether oxygens (including phenoxy) is 2. The summed E-state index contributed by atoms with van der Waals surface area (Å²) >= 11 is 0. The summed E-state index contributed by atoms with van der Waals surface area (Å²) in [6, 6.07) is -1.17. The monoisotopic (exact) mass is 269 g/mol. The molecule has 1 saturated heterocycles. The second kappa shape index (κ2) is 6.56. The smallest absolute Gasteiger partial charge is 0.332 e. The number of esters is 2. The van der Waals surface area contributed by atoms with Crippen LogP contribution in [-0.2, 0) is 19.1 Å². The average Bonchev–Trinajstić information content (AvgIpc) is 2.36. The Balaban J connectivity index is 2.90. The van der Waals surface area contributed by atoms with E-state index in [0.29, 0.717) is 6.42 Å². The second-order valence-corrected chi connectivity index (χ2v) is 4.34. The van der Waals surface area contributed by atoms with E-state index >= 15 is 0 Å². The summed E-state index contributed by atoms with van der Waals surface area (Å²) in [7, 11) is 4.92. The maximum absolute atomic E-state index is 11.8. The van der Waals surface area contributed by atoms with Crippen molar-refractivity contribution in [2.24, 2.45) is 5.92 Å². The first-order chi connectivity index (χ1) is 8.86. The minimum absolute atomic E-state index is 0.343. The molecule has 0 aromatic carbocycles. The summed E-state index contributed by atoms with van der Waals surface area (Å²) in [4.78, 5) is 34.2. The Morgan fingerprint density at radius 1 is 1.47 bits per heavy atom. The molecule has 1 amide bonds. The lowest BCUT2D eigenvalue weighted by Gasteiger charge is -2.23. The van der Waals surface area contributed by atoms with Gasteiger partial charge in [-0.1, -0.05) is 6.92 Å². The molecule has 1 aliphatic heterocycles. The van der Waals surface area contributed by atoms with Crippen LogP contribution in [0.4, 0.5) is 4.79 Å². The van der Waals surface area contributed by atoms with Crippen molar-refractivity contribution in [1.82, 2.24) is 5.32 Å². The minimum Gasteiger partial charge on any atom is -0.463 e. The van der Waals surface area contributed by atoms with Crippen LogP contribution in [0.25, 0.3) is 0 Å². The highest BCUT2D eigenvalue weighted by atomic mass is 16.6. The van der Waals surface area contributed by atoms with Crippen molar-refractivity contribution in [1.29, 1.82) is 0 Å². The van der Waals surface area contributed by atoms with E-state index in [9.17, 15) is 19.5 Å². The molecule has 0 spiro atoms.